The van der Waals surface area contributed by atoms with Gasteiger partial charge in [-0.2, -0.15) is 4.98 Å². The first-order chi connectivity index (χ1) is 13.1. The summed E-state index contributed by atoms with van der Waals surface area (Å²) < 4.78 is 0. The van der Waals surface area contributed by atoms with Crippen molar-refractivity contribution in [2.75, 3.05) is 48.8 Å². The first kappa shape index (κ1) is 19.8. The molecule has 2 heterocycles. The van der Waals surface area contributed by atoms with E-state index in [0.29, 0.717) is 29.8 Å². The molecule has 150 valence electrons. The van der Waals surface area contributed by atoms with Crippen molar-refractivity contribution in [3.8, 4) is 0 Å². The maximum Gasteiger partial charge on any atom is 0.228 e. The molecule has 2 fully saturated rings. The summed E-state index contributed by atoms with van der Waals surface area (Å²) in [5, 5.41) is 28.4. The molecule has 0 unspecified atom stereocenters. The van der Waals surface area contributed by atoms with Gasteiger partial charge in [-0.05, 0) is 32.1 Å². The van der Waals surface area contributed by atoms with Crippen molar-refractivity contribution < 1.29 is 5.11 Å². The number of hydrogen-bond donors (Lipinski definition) is 5. The molecule has 1 aliphatic heterocycles. The maximum absolute atomic E-state index is 9.78. The molecule has 0 atom stereocenters. The van der Waals surface area contributed by atoms with Crippen LogP contribution in [0.3, 0.4) is 0 Å². The van der Waals surface area contributed by atoms with Gasteiger partial charge in [0, 0.05) is 39.3 Å². The van der Waals surface area contributed by atoms with Crippen molar-refractivity contribution in [3.63, 3.8) is 0 Å². The van der Waals surface area contributed by atoms with E-state index in [0.717, 1.165) is 69.8 Å². The molecule has 0 spiro atoms. The zero-order chi connectivity index (χ0) is 19.2. The lowest BCUT2D eigenvalue weighted by atomic mass is 9.93. The molecule has 1 saturated heterocycles. The van der Waals surface area contributed by atoms with E-state index in [9.17, 15) is 5.11 Å². The Kier molecular flexibility index (Phi) is 6.84. The van der Waals surface area contributed by atoms with Gasteiger partial charge < -0.3 is 31.4 Å². The fourth-order valence-corrected chi connectivity index (χ4v) is 3.80. The van der Waals surface area contributed by atoms with Gasteiger partial charge in [0.1, 0.15) is 11.4 Å². The molecule has 1 aromatic rings. The number of nitrogens with one attached hydrogen (secondary N) is 4. The molecule has 0 bridgehead atoms. The quantitative estimate of drug-likeness (QED) is 0.462. The van der Waals surface area contributed by atoms with Crippen LogP contribution in [-0.4, -0.2) is 66.2 Å². The highest BCUT2D eigenvalue weighted by atomic mass is 16.3. The van der Waals surface area contributed by atoms with Gasteiger partial charge in [0.25, 0.3) is 0 Å². The molecule has 1 saturated carbocycles. The van der Waals surface area contributed by atoms with Crippen LogP contribution in [0.1, 0.15) is 51.1 Å². The van der Waals surface area contributed by atoms with Gasteiger partial charge in [0.2, 0.25) is 5.95 Å². The lowest BCUT2D eigenvalue weighted by molar-refractivity contribution is 0.126. The number of anilines is 3. The molecule has 0 radical (unpaired) electrons. The fraction of sp³-hybridized carbons (Fsp3) is 0.737. The third-order valence-electron chi connectivity index (χ3n) is 5.37. The van der Waals surface area contributed by atoms with E-state index in [-0.39, 0.29) is 6.10 Å². The van der Waals surface area contributed by atoms with E-state index in [4.69, 9.17) is 15.4 Å². The van der Waals surface area contributed by atoms with Gasteiger partial charge in [-0.3, -0.25) is 0 Å². The zero-order valence-electron chi connectivity index (χ0n) is 16.5. The minimum absolute atomic E-state index is 0.179. The summed E-state index contributed by atoms with van der Waals surface area (Å²) in [5.41, 5.74) is 2.04. The van der Waals surface area contributed by atoms with Gasteiger partial charge in [0.05, 0.1) is 11.8 Å². The van der Waals surface area contributed by atoms with E-state index in [1.54, 1.807) is 0 Å². The SMILES string of the molecule is CCCC(=N)c1nc(N2CCNCC2)nc(N[C@H]2CC[C@H](O)CC2)c1NC. The monoisotopic (exact) mass is 375 g/mol. The van der Waals surface area contributed by atoms with Gasteiger partial charge in [-0.25, -0.2) is 4.98 Å². The Labute approximate surface area is 161 Å². The molecule has 1 aromatic heterocycles. The van der Waals surface area contributed by atoms with Crippen molar-refractivity contribution in [3.05, 3.63) is 5.69 Å². The zero-order valence-corrected chi connectivity index (χ0v) is 16.5. The first-order valence-electron chi connectivity index (χ1n) is 10.2. The average molecular weight is 376 g/mol. The van der Waals surface area contributed by atoms with Crippen molar-refractivity contribution in [2.45, 2.75) is 57.6 Å². The highest BCUT2D eigenvalue weighted by molar-refractivity contribution is 6.03. The fourth-order valence-electron chi connectivity index (χ4n) is 3.80. The normalized spacial score (nSPS) is 23.1. The number of piperazine rings is 1. The Morgan fingerprint density at radius 3 is 2.56 bits per heavy atom. The molecule has 3 rings (SSSR count). The second-order valence-electron chi connectivity index (χ2n) is 7.46. The van der Waals surface area contributed by atoms with Crippen LogP contribution in [0, 0.1) is 5.41 Å². The van der Waals surface area contributed by atoms with Crippen molar-refractivity contribution >= 4 is 23.2 Å². The average Bonchev–Trinajstić information content (AvgIpc) is 2.70. The molecule has 27 heavy (non-hydrogen) atoms. The maximum atomic E-state index is 9.78. The van der Waals surface area contributed by atoms with Gasteiger partial charge in [-0.15, -0.1) is 0 Å². The Hall–Kier alpha value is -1.93. The van der Waals surface area contributed by atoms with E-state index < -0.39 is 0 Å². The molecule has 8 heteroatoms. The topological polar surface area (TPSA) is 109 Å². The third kappa shape index (κ3) is 4.87. The first-order valence-corrected chi connectivity index (χ1v) is 10.2. The Morgan fingerprint density at radius 1 is 1.22 bits per heavy atom. The summed E-state index contributed by atoms with van der Waals surface area (Å²) in [7, 11) is 1.86. The predicted molar refractivity (Wildman–Crippen MR) is 110 cm³/mol. The third-order valence-corrected chi connectivity index (χ3v) is 5.37. The predicted octanol–water partition coefficient (Wildman–Crippen LogP) is 1.81. The number of aliphatic hydroxyl groups is 1. The summed E-state index contributed by atoms with van der Waals surface area (Å²) in [6, 6.07) is 0.291. The number of aromatic nitrogens is 2. The molecule has 0 aromatic carbocycles. The van der Waals surface area contributed by atoms with Crippen molar-refractivity contribution in [1.82, 2.24) is 15.3 Å². The lowest BCUT2D eigenvalue weighted by Crippen LogP contribution is -2.44. The molecule has 0 amide bonds. The van der Waals surface area contributed by atoms with Crippen LogP contribution in [0.25, 0.3) is 0 Å². The second kappa shape index (κ2) is 9.32. The van der Waals surface area contributed by atoms with Crippen LogP contribution in [0.4, 0.5) is 17.5 Å². The standard InChI is InChI=1S/C19H33N7O/c1-3-4-15(20)16-17(21-2)18(23-13-5-7-14(27)8-6-13)25-19(24-16)26-11-9-22-10-12-26/h13-14,20-22,27H,3-12H2,1-2H3,(H,23,24,25)/t13-,14-. The summed E-state index contributed by atoms with van der Waals surface area (Å²) in [6.45, 7) is 5.66. The summed E-state index contributed by atoms with van der Waals surface area (Å²) in [4.78, 5) is 11.8. The van der Waals surface area contributed by atoms with Crippen LogP contribution in [0.5, 0.6) is 0 Å². The Balaban J connectivity index is 1.92. The van der Waals surface area contributed by atoms with Crippen LogP contribution >= 0.6 is 0 Å². The number of hydrogen-bond acceptors (Lipinski definition) is 8. The summed E-state index contributed by atoms with van der Waals surface area (Å²) >= 11 is 0. The molecule has 5 N–H and O–H groups in total. The number of aliphatic hydroxyl groups excluding tert-OH is 1. The van der Waals surface area contributed by atoms with E-state index >= 15 is 0 Å². The van der Waals surface area contributed by atoms with E-state index in [1.807, 2.05) is 7.05 Å². The molecule has 1 aliphatic carbocycles. The number of rotatable bonds is 7. The van der Waals surface area contributed by atoms with Crippen molar-refractivity contribution in [1.29, 1.82) is 5.41 Å². The highest BCUT2D eigenvalue weighted by Gasteiger charge is 2.24. The van der Waals surface area contributed by atoms with E-state index in [1.165, 1.54) is 0 Å². The van der Waals surface area contributed by atoms with Gasteiger partial charge >= 0.3 is 0 Å². The van der Waals surface area contributed by atoms with Gasteiger partial charge in [0.15, 0.2) is 5.82 Å². The van der Waals surface area contributed by atoms with Crippen LogP contribution in [0.15, 0.2) is 0 Å². The van der Waals surface area contributed by atoms with Crippen LogP contribution < -0.4 is 20.9 Å². The molecular formula is C19H33N7O. The largest absolute Gasteiger partial charge is 0.393 e. The molecule has 2 aliphatic rings. The highest BCUT2D eigenvalue weighted by Crippen LogP contribution is 2.30. The Bertz CT molecular complexity index is 637. The molecule has 8 nitrogen and oxygen atoms in total. The minimum Gasteiger partial charge on any atom is -0.393 e. The van der Waals surface area contributed by atoms with E-state index in [2.05, 4.69) is 27.8 Å². The molecular weight excluding hydrogens is 342 g/mol. The lowest BCUT2D eigenvalue weighted by Gasteiger charge is -2.30. The van der Waals surface area contributed by atoms with Crippen LogP contribution in [-0.2, 0) is 0 Å². The van der Waals surface area contributed by atoms with Crippen molar-refractivity contribution in [2.24, 2.45) is 0 Å². The Morgan fingerprint density at radius 2 is 1.93 bits per heavy atom. The van der Waals surface area contributed by atoms with Crippen LogP contribution in [0.2, 0.25) is 0 Å². The van der Waals surface area contributed by atoms with Gasteiger partial charge in [-0.1, -0.05) is 13.3 Å². The number of nitrogens with zero attached hydrogens (tertiary/aromatic N) is 3. The smallest absolute Gasteiger partial charge is 0.228 e. The summed E-state index contributed by atoms with van der Waals surface area (Å²) in [5.74, 6) is 1.47. The summed E-state index contributed by atoms with van der Waals surface area (Å²) in [6.07, 6.45) is 4.93. The minimum atomic E-state index is -0.179. The second-order valence-corrected chi connectivity index (χ2v) is 7.46.